The lowest BCUT2D eigenvalue weighted by atomic mass is 10.1. The smallest absolute Gasteiger partial charge is 0.242 e. The molecule has 0 N–H and O–H groups in total. The standard InChI is InChI=1S/C15H20N2O3/c1-16(12-3-5-14(20-2)6-4-12)11-15(19)17-9-7-13(18)8-10-17/h3-6H,7-11H2,1-2H3. The number of Topliss-reactive ketones (excluding diaryl/α,β-unsaturated/α-hetero) is 1. The van der Waals surface area contributed by atoms with Gasteiger partial charge in [-0.15, -0.1) is 0 Å². The van der Waals surface area contributed by atoms with Gasteiger partial charge in [0.05, 0.1) is 13.7 Å². The molecule has 2 rings (SSSR count). The summed E-state index contributed by atoms with van der Waals surface area (Å²) in [6.07, 6.45) is 0.968. The fourth-order valence-electron chi connectivity index (χ4n) is 2.24. The molecule has 20 heavy (non-hydrogen) atoms. The summed E-state index contributed by atoms with van der Waals surface area (Å²) in [5.74, 6) is 1.11. The van der Waals surface area contributed by atoms with Crippen molar-refractivity contribution < 1.29 is 14.3 Å². The van der Waals surface area contributed by atoms with Gasteiger partial charge in [0.1, 0.15) is 11.5 Å². The molecule has 1 amide bonds. The van der Waals surface area contributed by atoms with Crippen LogP contribution in [-0.4, -0.2) is 50.4 Å². The monoisotopic (exact) mass is 276 g/mol. The normalized spacial score (nSPS) is 15.1. The maximum absolute atomic E-state index is 12.2. The van der Waals surface area contributed by atoms with E-state index in [1.807, 2.05) is 36.2 Å². The molecule has 0 aliphatic carbocycles. The van der Waals surface area contributed by atoms with E-state index < -0.39 is 0 Å². The summed E-state index contributed by atoms with van der Waals surface area (Å²) in [6.45, 7) is 1.42. The van der Waals surface area contributed by atoms with E-state index in [2.05, 4.69) is 0 Å². The maximum Gasteiger partial charge on any atom is 0.242 e. The minimum atomic E-state index is 0.0656. The van der Waals surface area contributed by atoms with E-state index in [0.717, 1.165) is 11.4 Å². The number of ketones is 1. The third kappa shape index (κ3) is 3.50. The van der Waals surface area contributed by atoms with Crippen LogP contribution in [0.1, 0.15) is 12.8 Å². The molecule has 1 aliphatic heterocycles. The topological polar surface area (TPSA) is 49.9 Å². The van der Waals surface area contributed by atoms with Gasteiger partial charge >= 0.3 is 0 Å². The summed E-state index contributed by atoms with van der Waals surface area (Å²) < 4.78 is 5.11. The second kappa shape index (κ2) is 6.41. The first-order chi connectivity index (χ1) is 9.60. The van der Waals surface area contributed by atoms with Gasteiger partial charge in [0.25, 0.3) is 0 Å². The largest absolute Gasteiger partial charge is 0.497 e. The predicted octanol–water partition coefficient (Wildman–Crippen LogP) is 1.32. The fourth-order valence-corrected chi connectivity index (χ4v) is 2.24. The summed E-state index contributed by atoms with van der Waals surface area (Å²) >= 11 is 0. The number of carbonyl (C=O) groups is 2. The molecular formula is C15H20N2O3. The third-order valence-electron chi connectivity index (χ3n) is 3.56. The highest BCUT2D eigenvalue weighted by atomic mass is 16.5. The zero-order valence-corrected chi connectivity index (χ0v) is 12.0. The number of nitrogens with zero attached hydrogens (tertiary/aromatic N) is 2. The number of piperidine rings is 1. The molecule has 1 aliphatic rings. The van der Waals surface area contributed by atoms with Crippen LogP contribution in [-0.2, 0) is 9.59 Å². The van der Waals surface area contributed by atoms with E-state index in [4.69, 9.17) is 4.74 Å². The Labute approximate surface area is 119 Å². The Hall–Kier alpha value is -2.04. The molecule has 5 heteroatoms. The molecule has 0 bridgehead atoms. The SMILES string of the molecule is COc1ccc(N(C)CC(=O)N2CCC(=O)CC2)cc1. The summed E-state index contributed by atoms with van der Waals surface area (Å²) in [5, 5.41) is 0. The van der Waals surface area contributed by atoms with Gasteiger partial charge in [-0.2, -0.15) is 0 Å². The zero-order valence-electron chi connectivity index (χ0n) is 12.0. The van der Waals surface area contributed by atoms with Crippen molar-refractivity contribution in [2.75, 3.05) is 38.7 Å². The summed E-state index contributed by atoms with van der Waals surface area (Å²) in [5.41, 5.74) is 0.965. The number of carbonyl (C=O) groups excluding carboxylic acids is 2. The average molecular weight is 276 g/mol. The number of rotatable bonds is 4. The summed E-state index contributed by atoms with van der Waals surface area (Å²) in [7, 11) is 3.51. The van der Waals surface area contributed by atoms with Crippen LogP contribution in [0.3, 0.4) is 0 Å². The van der Waals surface area contributed by atoms with Crippen LogP contribution in [0.2, 0.25) is 0 Å². The molecule has 108 valence electrons. The minimum Gasteiger partial charge on any atom is -0.497 e. The van der Waals surface area contributed by atoms with Crippen LogP contribution in [0, 0.1) is 0 Å². The van der Waals surface area contributed by atoms with Crippen molar-refractivity contribution in [2.24, 2.45) is 0 Å². The van der Waals surface area contributed by atoms with Gasteiger partial charge in [-0.05, 0) is 24.3 Å². The molecule has 1 saturated heterocycles. The fraction of sp³-hybridized carbons (Fsp3) is 0.467. The van der Waals surface area contributed by atoms with Crippen LogP contribution < -0.4 is 9.64 Å². The lowest BCUT2D eigenvalue weighted by Gasteiger charge is -2.28. The van der Waals surface area contributed by atoms with Crippen molar-refractivity contribution in [1.82, 2.24) is 4.90 Å². The molecule has 0 saturated carbocycles. The number of methoxy groups -OCH3 is 1. The molecule has 1 aromatic rings. The molecular weight excluding hydrogens is 256 g/mol. The van der Waals surface area contributed by atoms with Gasteiger partial charge in [-0.25, -0.2) is 0 Å². The number of hydrogen-bond donors (Lipinski definition) is 0. The number of anilines is 1. The lowest BCUT2D eigenvalue weighted by Crippen LogP contribution is -2.43. The zero-order chi connectivity index (χ0) is 14.5. The molecule has 0 atom stereocenters. The Morgan fingerprint density at radius 1 is 1.25 bits per heavy atom. The number of benzene rings is 1. The highest BCUT2D eigenvalue weighted by molar-refractivity contribution is 5.85. The van der Waals surface area contributed by atoms with Crippen LogP contribution >= 0.6 is 0 Å². The van der Waals surface area contributed by atoms with Crippen molar-refractivity contribution in [2.45, 2.75) is 12.8 Å². The Morgan fingerprint density at radius 2 is 1.85 bits per heavy atom. The molecule has 1 aromatic carbocycles. The summed E-state index contributed by atoms with van der Waals surface area (Å²) in [4.78, 5) is 27.0. The number of amides is 1. The Kier molecular flexibility index (Phi) is 4.61. The average Bonchev–Trinajstić information content (AvgIpc) is 2.48. The summed E-state index contributed by atoms with van der Waals surface area (Å²) in [6, 6.07) is 7.59. The van der Waals surface area contributed by atoms with E-state index in [0.29, 0.717) is 32.5 Å². The van der Waals surface area contributed by atoms with Gasteiger partial charge in [0.2, 0.25) is 5.91 Å². The highest BCUT2D eigenvalue weighted by Gasteiger charge is 2.21. The van der Waals surface area contributed by atoms with Crippen molar-refractivity contribution >= 4 is 17.4 Å². The first-order valence-corrected chi connectivity index (χ1v) is 6.75. The number of likely N-dealkylation sites (tertiary alicyclic amines) is 1. The number of hydrogen-bond acceptors (Lipinski definition) is 4. The molecule has 0 spiro atoms. The molecule has 0 aromatic heterocycles. The van der Waals surface area contributed by atoms with Crippen molar-refractivity contribution in [3.05, 3.63) is 24.3 Å². The van der Waals surface area contributed by atoms with Gasteiger partial charge < -0.3 is 14.5 Å². The van der Waals surface area contributed by atoms with Crippen LogP contribution in [0.25, 0.3) is 0 Å². The Bertz CT molecular complexity index is 474. The molecule has 5 nitrogen and oxygen atoms in total. The van der Waals surface area contributed by atoms with Crippen LogP contribution in [0.5, 0.6) is 5.75 Å². The highest BCUT2D eigenvalue weighted by Crippen LogP contribution is 2.18. The van der Waals surface area contributed by atoms with Gasteiger partial charge in [-0.3, -0.25) is 9.59 Å². The predicted molar refractivity (Wildman–Crippen MR) is 77.1 cm³/mol. The lowest BCUT2D eigenvalue weighted by molar-refractivity contribution is -0.133. The van der Waals surface area contributed by atoms with Crippen LogP contribution in [0.15, 0.2) is 24.3 Å². The van der Waals surface area contributed by atoms with E-state index in [1.54, 1.807) is 12.0 Å². The first kappa shape index (κ1) is 14.4. The minimum absolute atomic E-state index is 0.0656. The molecule has 0 radical (unpaired) electrons. The van der Waals surface area contributed by atoms with Crippen molar-refractivity contribution in [3.63, 3.8) is 0 Å². The van der Waals surface area contributed by atoms with E-state index in [9.17, 15) is 9.59 Å². The van der Waals surface area contributed by atoms with Gasteiger partial charge in [0.15, 0.2) is 0 Å². The van der Waals surface area contributed by atoms with E-state index in [-0.39, 0.29) is 11.7 Å². The molecule has 1 fully saturated rings. The Morgan fingerprint density at radius 3 is 2.40 bits per heavy atom. The third-order valence-corrected chi connectivity index (χ3v) is 3.56. The molecule has 1 heterocycles. The number of likely N-dealkylation sites (N-methyl/N-ethyl adjacent to an activating group) is 1. The van der Waals surface area contributed by atoms with E-state index in [1.165, 1.54) is 0 Å². The van der Waals surface area contributed by atoms with Gasteiger partial charge in [0, 0.05) is 38.7 Å². The number of ether oxygens (including phenoxy) is 1. The second-order valence-corrected chi connectivity index (χ2v) is 4.97. The van der Waals surface area contributed by atoms with Crippen LogP contribution in [0.4, 0.5) is 5.69 Å². The van der Waals surface area contributed by atoms with Crippen molar-refractivity contribution in [3.8, 4) is 5.75 Å². The maximum atomic E-state index is 12.2. The van der Waals surface area contributed by atoms with Crippen molar-refractivity contribution in [1.29, 1.82) is 0 Å². The Balaban J connectivity index is 1.91. The molecule has 0 unspecified atom stereocenters. The van der Waals surface area contributed by atoms with Gasteiger partial charge in [-0.1, -0.05) is 0 Å². The second-order valence-electron chi connectivity index (χ2n) is 4.97. The first-order valence-electron chi connectivity index (χ1n) is 6.75. The van der Waals surface area contributed by atoms with E-state index >= 15 is 0 Å². The quantitative estimate of drug-likeness (QED) is 0.832.